The third kappa shape index (κ3) is 6.37. The van der Waals surface area contributed by atoms with Crippen LogP contribution in [0.15, 0.2) is 45.8 Å². The minimum absolute atomic E-state index is 0.0710. The van der Waals surface area contributed by atoms with E-state index in [9.17, 15) is 13.2 Å². The van der Waals surface area contributed by atoms with Gasteiger partial charge in [-0.1, -0.05) is 19.8 Å². The first-order valence-corrected chi connectivity index (χ1v) is 11.4. The molecule has 0 aliphatic heterocycles. The fourth-order valence-corrected chi connectivity index (χ4v) is 4.45. The van der Waals surface area contributed by atoms with Gasteiger partial charge in [0.15, 0.2) is 0 Å². The summed E-state index contributed by atoms with van der Waals surface area (Å²) >= 11 is 3.33. The zero-order valence-electron chi connectivity index (χ0n) is 16.6. The number of halogens is 1. The fraction of sp³-hybridized carbons (Fsp3) is 0.350. The Kier molecular flexibility index (Phi) is 8.33. The summed E-state index contributed by atoms with van der Waals surface area (Å²) in [5, 5.41) is 2.74. The average Bonchev–Trinajstić information content (AvgIpc) is 2.68. The van der Waals surface area contributed by atoms with Crippen LogP contribution >= 0.6 is 15.9 Å². The second kappa shape index (κ2) is 10.5. The second-order valence-corrected chi connectivity index (χ2v) is 8.83. The van der Waals surface area contributed by atoms with Crippen LogP contribution in [0.25, 0.3) is 0 Å². The molecule has 2 aromatic carbocycles. The third-order valence-electron chi connectivity index (χ3n) is 4.15. The van der Waals surface area contributed by atoms with Crippen LogP contribution < -0.4 is 19.5 Å². The number of unbranched alkanes of at least 4 members (excludes halogenated alkanes) is 2. The van der Waals surface area contributed by atoms with Crippen LogP contribution in [0.2, 0.25) is 0 Å². The Morgan fingerprint density at radius 1 is 1.00 bits per heavy atom. The lowest BCUT2D eigenvalue weighted by molar-refractivity contribution is -0.116. The number of benzene rings is 2. The standard InChI is InChI=1S/C20H25BrN2O5S/c1-4-5-6-7-20(24)22-14-8-11-18(28-3)19(13-14)29(25,26)23-15-9-10-17(27-2)16(21)12-15/h8-13,23H,4-7H2,1-3H3,(H,22,24). The molecule has 1 amide bonds. The Bertz CT molecular complexity index is 963. The molecule has 0 atom stereocenters. The SMILES string of the molecule is CCCCCC(=O)Nc1ccc(OC)c(S(=O)(=O)Nc2ccc(OC)c(Br)c2)c1. The predicted molar refractivity (Wildman–Crippen MR) is 117 cm³/mol. The van der Waals surface area contributed by atoms with Crippen molar-refractivity contribution < 1.29 is 22.7 Å². The van der Waals surface area contributed by atoms with Gasteiger partial charge in [0.25, 0.3) is 10.0 Å². The average molecular weight is 485 g/mol. The molecule has 0 heterocycles. The van der Waals surface area contributed by atoms with Gasteiger partial charge in [0.05, 0.1) is 24.4 Å². The molecule has 0 saturated heterocycles. The number of sulfonamides is 1. The highest BCUT2D eigenvalue weighted by Gasteiger charge is 2.21. The number of nitrogens with one attached hydrogen (secondary N) is 2. The summed E-state index contributed by atoms with van der Waals surface area (Å²) in [7, 11) is -1.04. The van der Waals surface area contributed by atoms with E-state index in [4.69, 9.17) is 9.47 Å². The highest BCUT2D eigenvalue weighted by Crippen LogP contribution is 2.32. The number of methoxy groups -OCH3 is 2. The van der Waals surface area contributed by atoms with E-state index in [0.717, 1.165) is 19.3 Å². The van der Waals surface area contributed by atoms with Crippen molar-refractivity contribution in [2.75, 3.05) is 24.3 Å². The van der Waals surface area contributed by atoms with Gasteiger partial charge in [-0.05, 0) is 58.7 Å². The minimum Gasteiger partial charge on any atom is -0.496 e. The molecule has 0 unspecified atom stereocenters. The molecular weight excluding hydrogens is 460 g/mol. The zero-order chi connectivity index (χ0) is 21.4. The first-order chi connectivity index (χ1) is 13.8. The van der Waals surface area contributed by atoms with Crippen LogP contribution in [0.4, 0.5) is 11.4 Å². The molecule has 29 heavy (non-hydrogen) atoms. The van der Waals surface area contributed by atoms with E-state index < -0.39 is 10.0 Å². The molecule has 9 heteroatoms. The number of ether oxygens (including phenoxy) is 2. The van der Waals surface area contributed by atoms with Crippen molar-refractivity contribution >= 4 is 43.2 Å². The summed E-state index contributed by atoms with van der Waals surface area (Å²) in [6.07, 6.45) is 3.17. The molecule has 0 aliphatic rings. The number of carbonyl (C=O) groups is 1. The molecule has 0 bridgehead atoms. The summed E-state index contributed by atoms with van der Waals surface area (Å²) < 4.78 is 39.4. The number of carbonyl (C=O) groups excluding carboxylic acids is 1. The Balaban J connectivity index is 2.26. The highest BCUT2D eigenvalue weighted by atomic mass is 79.9. The predicted octanol–water partition coefficient (Wildman–Crippen LogP) is 4.79. The van der Waals surface area contributed by atoms with E-state index >= 15 is 0 Å². The maximum atomic E-state index is 12.9. The van der Waals surface area contributed by atoms with Crippen molar-refractivity contribution in [3.8, 4) is 11.5 Å². The van der Waals surface area contributed by atoms with Crippen molar-refractivity contribution in [3.63, 3.8) is 0 Å². The molecular formula is C20H25BrN2O5S. The number of anilines is 2. The summed E-state index contributed by atoms with van der Waals surface area (Å²) in [5.74, 6) is 0.603. The first-order valence-electron chi connectivity index (χ1n) is 9.15. The zero-order valence-corrected chi connectivity index (χ0v) is 19.0. The van der Waals surface area contributed by atoms with Gasteiger partial charge in [0, 0.05) is 12.1 Å². The van der Waals surface area contributed by atoms with Crippen LogP contribution in [0.1, 0.15) is 32.6 Å². The van der Waals surface area contributed by atoms with Gasteiger partial charge in [0.2, 0.25) is 5.91 Å². The van der Waals surface area contributed by atoms with E-state index in [0.29, 0.717) is 28.0 Å². The molecule has 2 aromatic rings. The van der Waals surface area contributed by atoms with E-state index in [1.807, 2.05) is 0 Å². The van der Waals surface area contributed by atoms with Crippen LogP contribution in [0, 0.1) is 0 Å². The summed E-state index contributed by atoms with van der Waals surface area (Å²) in [4.78, 5) is 12.0. The number of hydrogen-bond acceptors (Lipinski definition) is 5. The second-order valence-electron chi connectivity index (χ2n) is 6.33. The molecule has 2 rings (SSSR count). The van der Waals surface area contributed by atoms with Crippen LogP contribution in [-0.4, -0.2) is 28.5 Å². The first kappa shape index (κ1) is 23.0. The van der Waals surface area contributed by atoms with E-state index in [1.54, 1.807) is 24.3 Å². The van der Waals surface area contributed by atoms with Crippen molar-refractivity contribution in [3.05, 3.63) is 40.9 Å². The number of rotatable bonds is 10. The van der Waals surface area contributed by atoms with Gasteiger partial charge in [-0.25, -0.2) is 8.42 Å². The van der Waals surface area contributed by atoms with E-state index in [1.165, 1.54) is 26.4 Å². The maximum Gasteiger partial charge on any atom is 0.265 e. The quantitative estimate of drug-likeness (QED) is 0.473. The lowest BCUT2D eigenvalue weighted by Crippen LogP contribution is -2.16. The number of hydrogen-bond donors (Lipinski definition) is 2. The molecule has 7 nitrogen and oxygen atoms in total. The van der Waals surface area contributed by atoms with Gasteiger partial charge in [0.1, 0.15) is 16.4 Å². The summed E-state index contributed by atoms with van der Waals surface area (Å²) in [6.45, 7) is 2.06. The van der Waals surface area contributed by atoms with Crippen LogP contribution in [0.5, 0.6) is 11.5 Å². The molecule has 2 N–H and O–H groups in total. The lowest BCUT2D eigenvalue weighted by atomic mass is 10.2. The van der Waals surface area contributed by atoms with E-state index in [-0.39, 0.29) is 16.6 Å². The highest BCUT2D eigenvalue weighted by molar-refractivity contribution is 9.10. The van der Waals surface area contributed by atoms with Crippen LogP contribution in [0.3, 0.4) is 0 Å². The maximum absolute atomic E-state index is 12.9. The van der Waals surface area contributed by atoms with E-state index in [2.05, 4.69) is 32.9 Å². The Morgan fingerprint density at radius 3 is 2.28 bits per heavy atom. The van der Waals surface area contributed by atoms with Gasteiger partial charge in [-0.2, -0.15) is 0 Å². The van der Waals surface area contributed by atoms with Crippen molar-refractivity contribution in [2.24, 2.45) is 0 Å². The van der Waals surface area contributed by atoms with Crippen molar-refractivity contribution in [1.29, 1.82) is 0 Å². The van der Waals surface area contributed by atoms with Crippen LogP contribution in [-0.2, 0) is 14.8 Å². The molecule has 158 valence electrons. The van der Waals surface area contributed by atoms with Gasteiger partial charge in [-0.3, -0.25) is 9.52 Å². The molecule has 0 radical (unpaired) electrons. The summed E-state index contributed by atoms with van der Waals surface area (Å²) in [5.41, 5.74) is 0.748. The Morgan fingerprint density at radius 2 is 1.66 bits per heavy atom. The molecule has 0 aromatic heterocycles. The normalized spacial score (nSPS) is 11.0. The largest absolute Gasteiger partial charge is 0.496 e. The third-order valence-corrected chi connectivity index (χ3v) is 6.17. The fourth-order valence-electron chi connectivity index (χ4n) is 2.66. The molecule has 0 saturated carbocycles. The van der Waals surface area contributed by atoms with Gasteiger partial charge in [-0.15, -0.1) is 0 Å². The lowest BCUT2D eigenvalue weighted by Gasteiger charge is -2.14. The van der Waals surface area contributed by atoms with Gasteiger partial charge < -0.3 is 14.8 Å². The summed E-state index contributed by atoms with van der Waals surface area (Å²) in [6, 6.07) is 9.35. The number of amides is 1. The molecule has 0 fully saturated rings. The Labute approximate surface area is 180 Å². The minimum atomic E-state index is -3.96. The topological polar surface area (TPSA) is 93.7 Å². The molecule has 0 aliphatic carbocycles. The monoisotopic (exact) mass is 484 g/mol. The van der Waals surface area contributed by atoms with Crippen molar-refractivity contribution in [1.82, 2.24) is 0 Å². The van der Waals surface area contributed by atoms with Gasteiger partial charge >= 0.3 is 0 Å². The smallest absolute Gasteiger partial charge is 0.265 e. The Hall–Kier alpha value is -2.26. The van der Waals surface area contributed by atoms with Crippen molar-refractivity contribution in [2.45, 2.75) is 37.5 Å². The molecule has 0 spiro atoms.